The topological polar surface area (TPSA) is 94.3 Å². The zero-order chi connectivity index (χ0) is 15.6. The number of ether oxygens (including phenoxy) is 1. The Bertz CT molecular complexity index is 741. The predicted molar refractivity (Wildman–Crippen MR) is 72.4 cm³/mol. The number of nitrogens with two attached hydrogens (primary N) is 1. The van der Waals surface area contributed by atoms with Gasteiger partial charge in [0.25, 0.3) is 10.0 Å². The van der Waals surface area contributed by atoms with Crippen LogP contribution in [0.5, 0.6) is 5.88 Å². The van der Waals surface area contributed by atoms with Crippen molar-refractivity contribution in [1.82, 2.24) is 4.98 Å². The van der Waals surface area contributed by atoms with Gasteiger partial charge in [-0.2, -0.15) is 0 Å². The first kappa shape index (κ1) is 15.0. The second kappa shape index (κ2) is 5.52. The normalized spacial score (nSPS) is 11.2. The number of nitrogens with zero attached hydrogens (tertiary/aromatic N) is 1. The second-order valence-electron chi connectivity index (χ2n) is 4.01. The molecule has 0 aliphatic carbocycles. The Morgan fingerprint density at radius 2 is 1.86 bits per heavy atom. The van der Waals surface area contributed by atoms with Gasteiger partial charge >= 0.3 is 0 Å². The van der Waals surface area contributed by atoms with Gasteiger partial charge in [0.1, 0.15) is 11.6 Å². The number of nitrogen functional groups attached to an aromatic ring is 1. The van der Waals surface area contributed by atoms with Gasteiger partial charge in [-0.05, 0) is 18.2 Å². The smallest absolute Gasteiger partial charge is 0.267 e. The number of methoxy groups -OCH3 is 1. The van der Waals surface area contributed by atoms with E-state index in [9.17, 15) is 17.2 Å². The zero-order valence-electron chi connectivity index (χ0n) is 10.8. The van der Waals surface area contributed by atoms with Gasteiger partial charge < -0.3 is 10.5 Å². The quantitative estimate of drug-likeness (QED) is 0.838. The Morgan fingerprint density at radius 1 is 1.24 bits per heavy atom. The minimum atomic E-state index is -4.45. The molecule has 1 aromatic carbocycles. The van der Waals surface area contributed by atoms with Crippen molar-refractivity contribution in [3.05, 3.63) is 42.1 Å². The molecule has 0 aliphatic rings. The van der Waals surface area contributed by atoms with Crippen LogP contribution in [0.2, 0.25) is 0 Å². The van der Waals surface area contributed by atoms with Crippen LogP contribution in [0.1, 0.15) is 0 Å². The minimum absolute atomic E-state index is 0.0337. The summed E-state index contributed by atoms with van der Waals surface area (Å²) in [6.07, 6.45) is 1.16. The lowest BCUT2D eigenvalue weighted by atomic mass is 10.3. The molecule has 0 unspecified atom stereocenters. The van der Waals surface area contributed by atoms with Crippen LogP contribution < -0.4 is 15.2 Å². The van der Waals surface area contributed by atoms with Crippen LogP contribution in [0, 0.1) is 11.6 Å². The number of rotatable bonds is 4. The molecule has 0 spiro atoms. The molecule has 112 valence electrons. The first-order chi connectivity index (χ1) is 9.83. The number of anilines is 2. The van der Waals surface area contributed by atoms with Crippen molar-refractivity contribution in [3.8, 4) is 5.88 Å². The molecule has 3 N–H and O–H groups in total. The van der Waals surface area contributed by atoms with E-state index in [1.807, 2.05) is 4.72 Å². The van der Waals surface area contributed by atoms with E-state index in [0.717, 1.165) is 18.3 Å². The van der Waals surface area contributed by atoms with E-state index >= 15 is 0 Å². The number of benzene rings is 1. The molecule has 1 heterocycles. The maximum Gasteiger partial charge on any atom is 0.267 e. The summed E-state index contributed by atoms with van der Waals surface area (Å²) in [5.41, 5.74) is 5.06. The summed E-state index contributed by atoms with van der Waals surface area (Å²) in [5.74, 6) is -2.29. The molecule has 0 fully saturated rings. The van der Waals surface area contributed by atoms with E-state index in [2.05, 4.69) is 4.98 Å². The van der Waals surface area contributed by atoms with Crippen molar-refractivity contribution < 1.29 is 21.9 Å². The van der Waals surface area contributed by atoms with Gasteiger partial charge in [0.15, 0.2) is 4.90 Å². The van der Waals surface area contributed by atoms with E-state index in [1.165, 1.54) is 19.2 Å². The van der Waals surface area contributed by atoms with Gasteiger partial charge in [-0.1, -0.05) is 0 Å². The Labute approximate surface area is 119 Å². The number of hydrogen-bond acceptors (Lipinski definition) is 5. The van der Waals surface area contributed by atoms with Crippen molar-refractivity contribution >= 4 is 21.4 Å². The zero-order valence-corrected chi connectivity index (χ0v) is 11.6. The summed E-state index contributed by atoms with van der Waals surface area (Å²) in [6, 6.07) is 4.19. The molecule has 0 atom stereocenters. The van der Waals surface area contributed by atoms with E-state index < -0.39 is 26.6 Å². The van der Waals surface area contributed by atoms with Crippen LogP contribution in [0.4, 0.5) is 20.2 Å². The molecule has 21 heavy (non-hydrogen) atoms. The third-order valence-electron chi connectivity index (χ3n) is 2.49. The number of halogens is 2. The molecule has 0 radical (unpaired) electrons. The van der Waals surface area contributed by atoms with E-state index in [4.69, 9.17) is 10.5 Å². The predicted octanol–water partition coefficient (Wildman–Crippen LogP) is 1.75. The van der Waals surface area contributed by atoms with Gasteiger partial charge in [0.05, 0.1) is 19.0 Å². The summed E-state index contributed by atoms with van der Waals surface area (Å²) in [7, 11) is -3.05. The average Bonchev–Trinajstić information content (AvgIpc) is 2.37. The third kappa shape index (κ3) is 3.19. The monoisotopic (exact) mass is 315 g/mol. The first-order valence-corrected chi connectivity index (χ1v) is 7.09. The van der Waals surface area contributed by atoms with Gasteiger partial charge in [0, 0.05) is 11.8 Å². The highest BCUT2D eigenvalue weighted by atomic mass is 32.2. The summed E-state index contributed by atoms with van der Waals surface area (Å²) in [5, 5.41) is 0. The molecule has 6 nitrogen and oxygen atoms in total. The number of aromatic nitrogens is 1. The summed E-state index contributed by atoms with van der Waals surface area (Å²) in [4.78, 5) is 2.67. The minimum Gasteiger partial charge on any atom is -0.481 e. The molecule has 0 amide bonds. The molecule has 9 heteroatoms. The highest BCUT2D eigenvalue weighted by Crippen LogP contribution is 2.24. The molecule has 0 aliphatic heterocycles. The van der Waals surface area contributed by atoms with Crippen LogP contribution in [0.15, 0.2) is 35.4 Å². The Balaban J connectivity index is 2.38. The summed E-state index contributed by atoms with van der Waals surface area (Å²) >= 11 is 0. The lowest BCUT2D eigenvalue weighted by Crippen LogP contribution is -2.17. The van der Waals surface area contributed by atoms with E-state index in [-0.39, 0.29) is 17.3 Å². The van der Waals surface area contributed by atoms with Gasteiger partial charge in [-0.15, -0.1) is 0 Å². The fraction of sp³-hybridized carbons (Fsp3) is 0.0833. The highest BCUT2D eigenvalue weighted by Gasteiger charge is 2.24. The van der Waals surface area contributed by atoms with Crippen molar-refractivity contribution in [2.24, 2.45) is 0 Å². The third-order valence-corrected chi connectivity index (χ3v) is 3.92. The SMILES string of the molecule is COc1ccc(NS(=O)(=O)c2c(F)cc(N)cc2F)cn1. The van der Waals surface area contributed by atoms with Crippen molar-refractivity contribution in [2.75, 3.05) is 17.6 Å². The molecular weight excluding hydrogens is 304 g/mol. The molecule has 0 saturated carbocycles. The van der Waals surface area contributed by atoms with E-state index in [0.29, 0.717) is 0 Å². The Morgan fingerprint density at radius 3 is 2.33 bits per heavy atom. The molecule has 2 rings (SSSR count). The van der Waals surface area contributed by atoms with Crippen molar-refractivity contribution in [2.45, 2.75) is 4.90 Å². The highest BCUT2D eigenvalue weighted by molar-refractivity contribution is 7.92. The molecule has 1 aromatic heterocycles. The maximum absolute atomic E-state index is 13.7. The maximum atomic E-state index is 13.7. The summed E-state index contributed by atoms with van der Waals surface area (Å²) in [6.45, 7) is 0. The van der Waals surface area contributed by atoms with Crippen LogP contribution in [0.3, 0.4) is 0 Å². The number of pyridine rings is 1. The molecular formula is C12H11F2N3O3S. The van der Waals surface area contributed by atoms with Crippen molar-refractivity contribution in [1.29, 1.82) is 0 Å². The molecule has 0 bridgehead atoms. The van der Waals surface area contributed by atoms with Gasteiger partial charge in [-0.25, -0.2) is 22.2 Å². The lowest BCUT2D eigenvalue weighted by Gasteiger charge is -2.10. The Kier molecular flexibility index (Phi) is 3.94. The first-order valence-electron chi connectivity index (χ1n) is 5.61. The van der Waals surface area contributed by atoms with Crippen LogP contribution in [-0.2, 0) is 10.0 Å². The van der Waals surface area contributed by atoms with Crippen LogP contribution in [-0.4, -0.2) is 20.5 Å². The standard InChI is InChI=1S/C12H11F2N3O3S/c1-20-11-3-2-8(6-16-11)17-21(18,19)12-9(13)4-7(15)5-10(12)14/h2-6,17H,15H2,1H3. The fourth-order valence-corrected chi connectivity index (χ4v) is 2.77. The van der Waals surface area contributed by atoms with E-state index in [1.54, 1.807) is 0 Å². The summed E-state index contributed by atoms with van der Waals surface area (Å²) < 4.78 is 58.2. The fourth-order valence-electron chi connectivity index (χ4n) is 1.60. The number of nitrogens with one attached hydrogen (secondary N) is 1. The average molecular weight is 315 g/mol. The number of sulfonamides is 1. The van der Waals surface area contributed by atoms with Gasteiger partial charge in [0.2, 0.25) is 5.88 Å². The largest absolute Gasteiger partial charge is 0.481 e. The van der Waals surface area contributed by atoms with Crippen LogP contribution >= 0.6 is 0 Å². The van der Waals surface area contributed by atoms with Crippen LogP contribution in [0.25, 0.3) is 0 Å². The van der Waals surface area contributed by atoms with Gasteiger partial charge in [-0.3, -0.25) is 4.72 Å². The van der Waals surface area contributed by atoms with Crippen molar-refractivity contribution in [3.63, 3.8) is 0 Å². The molecule has 0 saturated heterocycles. The number of hydrogen-bond donors (Lipinski definition) is 2. The Hall–Kier alpha value is -2.42. The molecule has 2 aromatic rings. The lowest BCUT2D eigenvalue weighted by molar-refractivity contribution is 0.398. The second-order valence-corrected chi connectivity index (χ2v) is 5.63.